The molecule has 0 radical (unpaired) electrons. The molecule has 0 aliphatic carbocycles. The number of halogens is 1. The number of rotatable bonds is 5. The Kier molecular flexibility index (Phi) is 8.69. The van der Waals surface area contributed by atoms with Gasteiger partial charge in [-0.1, -0.05) is 20.8 Å². The second-order valence-electron chi connectivity index (χ2n) is 7.77. The second-order valence-corrected chi connectivity index (χ2v) is 7.77. The van der Waals surface area contributed by atoms with E-state index in [0.717, 1.165) is 57.5 Å². The predicted octanol–water partition coefficient (Wildman–Crippen LogP) is 2.67. The van der Waals surface area contributed by atoms with Gasteiger partial charge in [0, 0.05) is 38.6 Å². The quantitative estimate of drug-likeness (QED) is 0.805. The van der Waals surface area contributed by atoms with Gasteiger partial charge in [-0.05, 0) is 44.4 Å². The van der Waals surface area contributed by atoms with Gasteiger partial charge in [0.2, 0.25) is 11.8 Å². The number of nitrogens with zero attached hydrogens (tertiary/aromatic N) is 2. The molecular weight excluding hydrogens is 338 g/mol. The highest BCUT2D eigenvalue weighted by molar-refractivity contribution is 5.85. The fourth-order valence-electron chi connectivity index (χ4n) is 4.08. The zero-order chi connectivity index (χ0) is 17.7. The molecule has 0 unspecified atom stereocenters. The SMILES string of the molecule is CCC(CC)(CN)C(=O)N1CCC(C(=O)N2CCC(C)CC2)CC1.Cl. The summed E-state index contributed by atoms with van der Waals surface area (Å²) >= 11 is 0. The molecule has 25 heavy (non-hydrogen) atoms. The van der Waals surface area contributed by atoms with Gasteiger partial charge < -0.3 is 15.5 Å². The van der Waals surface area contributed by atoms with Crippen molar-refractivity contribution in [1.29, 1.82) is 0 Å². The van der Waals surface area contributed by atoms with Crippen LogP contribution in [0.1, 0.15) is 59.3 Å². The predicted molar refractivity (Wildman–Crippen MR) is 104 cm³/mol. The van der Waals surface area contributed by atoms with Gasteiger partial charge in [-0.25, -0.2) is 0 Å². The van der Waals surface area contributed by atoms with Crippen molar-refractivity contribution in [2.75, 3.05) is 32.7 Å². The Balaban J connectivity index is 0.00000312. The number of nitrogens with two attached hydrogens (primary N) is 1. The summed E-state index contributed by atoms with van der Waals surface area (Å²) in [5.41, 5.74) is 5.50. The average Bonchev–Trinajstić information content (AvgIpc) is 2.63. The minimum atomic E-state index is -0.417. The number of hydrogen-bond acceptors (Lipinski definition) is 3. The van der Waals surface area contributed by atoms with E-state index in [1.807, 2.05) is 23.6 Å². The number of likely N-dealkylation sites (tertiary alicyclic amines) is 2. The highest BCUT2D eigenvalue weighted by Crippen LogP contribution is 2.31. The Morgan fingerprint density at radius 1 is 0.960 bits per heavy atom. The normalized spacial score (nSPS) is 20.3. The van der Waals surface area contributed by atoms with Crippen molar-refractivity contribution in [1.82, 2.24) is 9.80 Å². The van der Waals surface area contributed by atoms with Crippen LogP contribution in [-0.4, -0.2) is 54.3 Å². The first-order valence-electron chi connectivity index (χ1n) is 9.75. The Morgan fingerprint density at radius 2 is 1.44 bits per heavy atom. The van der Waals surface area contributed by atoms with Crippen molar-refractivity contribution >= 4 is 24.2 Å². The van der Waals surface area contributed by atoms with Gasteiger partial charge in [-0.3, -0.25) is 9.59 Å². The van der Waals surface area contributed by atoms with Gasteiger partial charge in [0.25, 0.3) is 0 Å². The summed E-state index contributed by atoms with van der Waals surface area (Å²) in [4.78, 5) is 29.6. The molecule has 2 N–H and O–H groups in total. The van der Waals surface area contributed by atoms with E-state index in [4.69, 9.17) is 5.73 Å². The summed E-state index contributed by atoms with van der Waals surface area (Å²) in [6, 6.07) is 0. The average molecular weight is 374 g/mol. The lowest BCUT2D eigenvalue weighted by molar-refractivity contribution is -0.147. The van der Waals surface area contributed by atoms with Gasteiger partial charge in [0.15, 0.2) is 0 Å². The molecule has 0 aromatic rings. The number of amides is 2. The zero-order valence-electron chi connectivity index (χ0n) is 16.1. The standard InChI is InChI=1S/C19H35N3O2.ClH/c1-4-19(5-2,14-20)18(24)22-12-8-16(9-13-22)17(23)21-10-6-15(3)7-11-21;/h15-16H,4-14,20H2,1-3H3;1H. The van der Waals surface area contributed by atoms with Crippen LogP contribution < -0.4 is 5.73 Å². The molecule has 2 amide bonds. The first-order chi connectivity index (χ1) is 11.5. The van der Waals surface area contributed by atoms with Crippen LogP contribution in [0.2, 0.25) is 0 Å². The van der Waals surface area contributed by atoms with E-state index in [1.54, 1.807) is 0 Å². The molecule has 0 atom stereocenters. The van der Waals surface area contributed by atoms with Crippen LogP contribution in [0.15, 0.2) is 0 Å². The van der Waals surface area contributed by atoms with Gasteiger partial charge in [-0.2, -0.15) is 0 Å². The van der Waals surface area contributed by atoms with E-state index in [2.05, 4.69) is 6.92 Å². The van der Waals surface area contributed by atoms with Crippen molar-refractivity contribution in [2.24, 2.45) is 23.0 Å². The summed E-state index contributed by atoms with van der Waals surface area (Å²) in [6.07, 6.45) is 5.40. The van der Waals surface area contributed by atoms with Gasteiger partial charge >= 0.3 is 0 Å². The first-order valence-corrected chi connectivity index (χ1v) is 9.75. The third-order valence-corrected chi connectivity index (χ3v) is 6.42. The summed E-state index contributed by atoms with van der Waals surface area (Å²) in [5, 5.41) is 0. The minimum Gasteiger partial charge on any atom is -0.342 e. The summed E-state index contributed by atoms with van der Waals surface area (Å²) < 4.78 is 0. The summed E-state index contributed by atoms with van der Waals surface area (Å²) in [7, 11) is 0. The third kappa shape index (κ3) is 4.88. The molecule has 0 aromatic heterocycles. The molecule has 6 heteroatoms. The number of carbonyl (C=O) groups excluding carboxylic acids is 2. The third-order valence-electron chi connectivity index (χ3n) is 6.42. The minimum absolute atomic E-state index is 0. The van der Waals surface area contributed by atoms with E-state index < -0.39 is 5.41 Å². The van der Waals surface area contributed by atoms with Gasteiger partial charge in [0.05, 0.1) is 5.41 Å². The highest BCUT2D eigenvalue weighted by Gasteiger charge is 2.39. The fraction of sp³-hybridized carbons (Fsp3) is 0.895. The highest BCUT2D eigenvalue weighted by atomic mass is 35.5. The Hall–Kier alpha value is -0.810. The molecule has 0 aromatic carbocycles. The Morgan fingerprint density at radius 3 is 1.88 bits per heavy atom. The maximum Gasteiger partial charge on any atom is 0.230 e. The maximum atomic E-state index is 12.9. The molecule has 0 spiro atoms. The van der Waals surface area contributed by atoms with Gasteiger partial charge in [0.1, 0.15) is 0 Å². The van der Waals surface area contributed by atoms with E-state index in [9.17, 15) is 9.59 Å². The largest absolute Gasteiger partial charge is 0.342 e. The van der Waals surface area contributed by atoms with Crippen molar-refractivity contribution in [3.05, 3.63) is 0 Å². The van der Waals surface area contributed by atoms with E-state index >= 15 is 0 Å². The van der Waals surface area contributed by atoms with Crippen LogP contribution in [0, 0.1) is 17.3 Å². The molecule has 2 aliphatic heterocycles. The molecule has 5 nitrogen and oxygen atoms in total. The molecular formula is C19H36ClN3O2. The lowest BCUT2D eigenvalue weighted by Gasteiger charge is -2.40. The monoisotopic (exact) mass is 373 g/mol. The fourth-order valence-corrected chi connectivity index (χ4v) is 4.08. The molecule has 2 aliphatic rings. The van der Waals surface area contributed by atoms with Gasteiger partial charge in [-0.15, -0.1) is 12.4 Å². The van der Waals surface area contributed by atoms with Crippen LogP contribution in [0.4, 0.5) is 0 Å². The molecule has 0 bridgehead atoms. The molecule has 2 rings (SSSR count). The van der Waals surface area contributed by atoms with E-state index in [1.165, 1.54) is 0 Å². The van der Waals surface area contributed by atoms with Crippen LogP contribution in [0.3, 0.4) is 0 Å². The molecule has 2 fully saturated rings. The van der Waals surface area contributed by atoms with Crippen LogP contribution >= 0.6 is 12.4 Å². The first kappa shape index (κ1) is 22.2. The molecule has 146 valence electrons. The molecule has 2 heterocycles. The number of hydrogen-bond donors (Lipinski definition) is 1. The lowest BCUT2D eigenvalue weighted by atomic mass is 9.80. The van der Waals surface area contributed by atoms with Crippen molar-refractivity contribution < 1.29 is 9.59 Å². The van der Waals surface area contributed by atoms with Crippen molar-refractivity contribution in [3.8, 4) is 0 Å². The van der Waals surface area contributed by atoms with E-state index in [-0.39, 0.29) is 24.2 Å². The Bertz CT molecular complexity index is 430. The number of piperidine rings is 2. The second kappa shape index (κ2) is 9.77. The molecule has 0 saturated carbocycles. The number of carbonyl (C=O) groups is 2. The zero-order valence-corrected chi connectivity index (χ0v) is 16.9. The smallest absolute Gasteiger partial charge is 0.230 e. The van der Waals surface area contributed by atoms with Crippen LogP contribution in [0.5, 0.6) is 0 Å². The topological polar surface area (TPSA) is 66.6 Å². The van der Waals surface area contributed by atoms with Crippen LogP contribution in [0.25, 0.3) is 0 Å². The maximum absolute atomic E-state index is 12.9. The summed E-state index contributed by atoms with van der Waals surface area (Å²) in [6.45, 7) is 9.95. The summed E-state index contributed by atoms with van der Waals surface area (Å²) in [5.74, 6) is 1.33. The lowest BCUT2D eigenvalue weighted by Crippen LogP contribution is -2.52. The Labute approximate surface area is 159 Å². The van der Waals surface area contributed by atoms with Crippen molar-refractivity contribution in [2.45, 2.75) is 59.3 Å². The van der Waals surface area contributed by atoms with Crippen molar-refractivity contribution in [3.63, 3.8) is 0 Å². The van der Waals surface area contributed by atoms with E-state index in [0.29, 0.717) is 25.5 Å². The van der Waals surface area contributed by atoms with Crippen LogP contribution in [-0.2, 0) is 9.59 Å². The molecule has 2 saturated heterocycles.